The molecule has 3 aromatic rings. The molecule has 8 nitrogen and oxygen atoms in total. The minimum absolute atomic E-state index is 0.0956. The molecule has 0 spiro atoms. The number of anilines is 4. The molecular formula is C16H13F2N5O3S2. The summed E-state index contributed by atoms with van der Waals surface area (Å²) in [6.07, 6.45) is 0. The van der Waals surface area contributed by atoms with Crippen LogP contribution in [0.1, 0.15) is 15.2 Å². The van der Waals surface area contributed by atoms with Gasteiger partial charge >= 0.3 is 0 Å². The van der Waals surface area contributed by atoms with Crippen LogP contribution >= 0.6 is 11.3 Å². The van der Waals surface area contributed by atoms with Crippen LogP contribution in [0.25, 0.3) is 0 Å². The Labute approximate surface area is 162 Å². The Hall–Kier alpha value is -3.09. The second-order valence-electron chi connectivity index (χ2n) is 5.58. The Morgan fingerprint density at radius 2 is 1.75 bits per heavy atom. The molecule has 0 saturated heterocycles. The number of sulfonamides is 1. The van der Waals surface area contributed by atoms with Crippen LogP contribution < -0.4 is 21.9 Å². The van der Waals surface area contributed by atoms with Crippen LogP contribution in [0.5, 0.6) is 0 Å². The lowest BCUT2D eigenvalue weighted by Crippen LogP contribution is -2.14. The fourth-order valence-electron chi connectivity index (χ4n) is 2.39. The van der Waals surface area contributed by atoms with Crippen molar-refractivity contribution in [3.8, 4) is 0 Å². The highest BCUT2D eigenvalue weighted by atomic mass is 32.2. The van der Waals surface area contributed by atoms with Crippen molar-refractivity contribution in [1.29, 1.82) is 0 Å². The van der Waals surface area contributed by atoms with E-state index in [-0.39, 0.29) is 26.4 Å². The first kappa shape index (κ1) is 19.7. The van der Waals surface area contributed by atoms with Gasteiger partial charge in [-0.3, -0.25) is 4.79 Å². The number of hydrogen-bond donors (Lipinski definition) is 4. The molecule has 12 heteroatoms. The number of aromatic nitrogens is 1. The van der Waals surface area contributed by atoms with E-state index in [1.807, 2.05) is 0 Å². The number of hydrogen-bond acceptors (Lipinski definition) is 8. The van der Waals surface area contributed by atoms with Gasteiger partial charge < -0.3 is 16.8 Å². The van der Waals surface area contributed by atoms with Crippen molar-refractivity contribution in [3.05, 3.63) is 58.5 Å². The molecule has 0 saturated carbocycles. The Morgan fingerprint density at radius 1 is 1.11 bits per heavy atom. The Bertz CT molecular complexity index is 1170. The SMILES string of the molecule is Nc1cc(Nc2nc(N)c(C(=O)c3c(F)cccc3F)s2)ccc1S(N)(=O)=O. The number of nitrogens with zero attached hydrogens (tertiary/aromatic N) is 1. The third-order valence-electron chi connectivity index (χ3n) is 3.62. The summed E-state index contributed by atoms with van der Waals surface area (Å²) in [5.74, 6) is -3.19. The number of carbonyl (C=O) groups excluding carboxylic acids is 1. The van der Waals surface area contributed by atoms with Gasteiger partial charge in [0.05, 0.1) is 11.3 Å². The molecule has 7 N–H and O–H groups in total. The maximum absolute atomic E-state index is 13.8. The summed E-state index contributed by atoms with van der Waals surface area (Å²) < 4.78 is 50.5. The zero-order valence-electron chi connectivity index (χ0n) is 13.9. The van der Waals surface area contributed by atoms with E-state index in [9.17, 15) is 22.0 Å². The Kier molecular flexibility index (Phi) is 5.02. The van der Waals surface area contributed by atoms with E-state index in [4.69, 9.17) is 16.6 Å². The number of primary sulfonamides is 1. The molecule has 0 aliphatic rings. The number of halogens is 2. The van der Waals surface area contributed by atoms with E-state index >= 15 is 0 Å². The van der Waals surface area contributed by atoms with Crippen LogP contribution in [-0.4, -0.2) is 19.2 Å². The predicted molar refractivity (Wildman–Crippen MR) is 102 cm³/mol. The number of thiazole rings is 1. The van der Waals surface area contributed by atoms with Crippen molar-refractivity contribution in [1.82, 2.24) is 4.98 Å². The van der Waals surface area contributed by atoms with E-state index in [0.717, 1.165) is 29.5 Å². The lowest BCUT2D eigenvalue weighted by molar-refractivity contribution is 0.103. The van der Waals surface area contributed by atoms with Crippen LogP contribution in [0, 0.1) is 11.6 Å². The second kappa shape index (κ2) is 7.14. The number of nitrogen functional groups attached to an aromatic ring is 2. The van der Waals surface area contributed by atoms with Crippen LogP contribution in [0.15, 0.2) is 41.3 Å². The molecule has 3 rings (SSSR count). The standard InChI is InChI=1S/C16H13F2N5O3S2/c17-8-2-1-3-9(18)12(8)13(24)14-15(20)23-16(27-14)22-7-4-5-11(10(19)6-7)28(21,25)26/h1-6H,19-20H2,(H,22,23)(H2,21,25,26). The fraction of sp³-hybridized carbons (Fsp3) is 0. The molecule has 0 bridgehead atoms. The van der Waals surface area contributed by atoms with Gasteiger partial charge in [-0.2, -0.15) is 0 Å². The third kappa shape index (κ3) is 3.78. The van der Waals surface area contributed by atoms with E-state index in [1.165, 1.54) is 18.2 Å². The molecule has 1 aromatic heterocycles. The first-order valence-electron chi connectivity index (χ1n) is 7.52. The molecule has 0 unspecified atom stereocenters. The minimum atomic E-state index is -3.98. The summed E-state index contributed by atoms with van der Waals surface area (Å²) in [7, 11) is -3.98. The lowest BCUT2D eigenvalue weighted by Gasteiger charge is -2.07. The van der Waals surface area contributed by atoms with Crippen LogP contribution in [0.4, 0.5) is 31.1 Å². The summed E-state index contributed by atoms with van der Waals surface area (Å²) >= 11 is 0.776. The summed E-state index contributed by atoms with van der Waals surface area (Å²) in [6.45, 7) is 0. The van der Waals surface area contributed by atoms with Gasteiger partial charge in [-0.15, -0.1) is 0 Å². The first-order valence-corrected chi connectivity index (χ1v) is 9.88. The van der Waals surface area contributed by atoms with Gasteiger partial charge in [0.1, 0.15) is 27.2 Å². The number of nitrogens with two attached hydrogens (primary N) is 3. The molecule has 0 atom stereocenters. The van der Waals surface area contributed by atoms with Crippen LogP contribution in [0.3, 0.4) is 0 Å². The number of benzene rings is 2. The molecule has 0 aliphatic carbocycles. The lowest BCUT2D eigenvalue weighted by atomic mass is 10.1. The predicted octanol–water partition coefficient (Wildman–Crippen LogP) is 2.21. The van der Waals surface area contributed by atoms with Crippen LogP contribution in [-0.2, 0) is 10.0 Å². The van der Waals surface area contributed by atoms with Crippen molar-refractivity contribution in [3.63, 3.8) is 0 Å². The van der Waals surface area contributed by atoms with Gasteiger partial charge in [0.2, 0.25) is 15.8 Å². The molecular weight excluding hydrogens is 412 g/mol. The van der Waals surface area contributed by atoms with E-state index in [0.29, 0.717) is 5.69 Å². The molecule has 0 radical (unpaired) electrons. The van der Waals surface area contributed by atoms with Gasteiger partial charge in [0.15, 0.2) is 5.13 Å². The summed E-state index contributed by atoms with van der Waals surface area (Å²) in [5, 5.41) is 7.97. The summed E-state index contributed by atoms with van der Waals surface area (Å²) in [5.41, 5.74) is 10.9. The van der Waals surface area contributed by atoms with Gasteiger partial charge in [0.25, 0.3) is 0 Å². The average molecular weight is 425 g/mol. The first-order chi connectivity index (χ1) is 13.1. The average Bonchev–Trinajstić information content (AvgIpc) is 2.93. The van der Waals surface area contributed by atoms with Crippen molar-refractivity contribution in [2.24, 2.45) is 5.14 Å². The maximum atomic E-state index is 13.8. The molecule has 28 heavy (non-hydrogen) atoms. The second-order valence-corrected chi connectivity index (χ2v) is 8.11. The third-order valence-corrected chi connectivity index (χ3v) is 5.59. The van der Waals surface area contributed by atoms with E-state index < -0.39 is 33.0 Å². The Morgan fingerprint density at radius 3 is 2.32 bits per heavy atom. The normalized spacial score (nSPS) is 11.4. The fourth-order valence-corrected chi connectivity index (χ4v) is 3.88. The number of ketones is 1. The van der Waals surface area contributed by atoms with E-state index in [1.54, 1.807) is 0 Å². The van der Waals surface area contributed by atoms with Crippen LogP contribution in [0.2, 0.25) is 0 Å². The summed E-state index contributed by atoms with van der Waals surface area (Å²) in [6, 6.07) is 6.94. The number of nitrogens with one attached hydrogen (secondary N) is 1. The highest BCUT2D eigenvalue weighted by molar-refractivity contribution is 7.89. The summed E-state index contributed by atoms with van der Waals surface area (Å²) in [4.78, 5) is 16.0. The monoisotopic (exact) mass is 425 g/mol. The van der Waals surface area contributed by atoms with Crippen molar-refractivity contribution in [2.45, 2.75) is 4.90 Å². The van der Waals surface area contributed by atoms with E-state index in [2.05, 4.69) is 10.3 Å². The van der Waals surface area contributed by atoms with Gasteiger partial charge in [0, 0.05) is 5.69 Å². The topological polar surface area (TPSA) is 154 Å². The zero-order valence-corrected chi connectivity index (χ0v) is 15.6. The molecule has 1 heterocycles. The smallest absolute Gasteiger partial charge is 0.240 e. The molecule has 146 valence electrons. The largest absolute Gasteiger partial charge is 0.398 e. The maximum Gasteiger partial charge on any atom is 0.240 e. The quantitative estimate of drug-likeness (QED) is 0.361. The van der Waals surface area contributed by atoms with Crippen molar-refractivity contribution >= 4 is 49.5 Å². The molecule has 0 amide bonds. The number of rotatable bonds is 5. The number of carbonyl (C=O) groups is 1. The molecule has 0 fully saturated rings. The Balaban J connectivity index is 1.91. The zero-order chi connectivity index (χ0) is 20.6. The van der Waals surface area contributed by atoms with Gasteiger partial charge in [-0.1, -0.05) is 17.4 Å². The highest BCUT2D eigenvalue weighted by Crippen LogP contribution is 2.32. The molecule has 0 aliphatic heterocycles. The van der Waals surface area contributed by atoms with Gasteiger partial charge in [-0.05, 0) is 30.3 Å². The van der Waals surface area contributed by atoms with Crippen molar-refractivity contribution < 1.29 is 22.0 Å². The molecule has 2 aromatic carbocycles. The van der Waals surface area contributed by atoms with Crippen molar-refractivity contribution in [2.75, 3.05) is 16.8 Å². The minimum Gasteiger partial charge on any atom is -0.398 e. The van der Waals surface area contributed by atoms with Gasteiger partial charge in [-0.25, -0.2) is 27.3 Å². The highest BCUT2D eigenvalue weighted by Gasteiger charge is 2.24.